The van der Waals surface area contributed by atoms with E-state index < -0.39 is 0 Å². The van der Waals surface area contributed by atoms with E-state index >= 15 is 0 Å². The highest BCUT2D eigenvalue weighted by molar-refractivity contribution is 5.72. The molecule has 0 fully saturated rings. The van der Waals surface area contributed by atoms with Crippen LogP contribution in [0.25, 0.3) is 0 Å². The summed E-state index contributed by atoms with van der Waals surface area (Å²) in [4.78, 5) is 10.8. The smallest absolute Gasteiger partial charge is 0.216 e. The fraction of sp³-hybridized carbons (Fsp3) is 0.917. The van der Waals surface area contributed by atoms with E-state index in [9.17, 15) is 4.79 Å². The number of rotatable bonds is 7. The van der Waals surface area contributed by atoms with Gasteiger partial charge in [0.2, 0.25) is 5.91 Å². The van der Waals surface area contributed by atoms with E-state index in [4.69, 9.17) is 9.84 Å². The van der Waals surface area contributed by atoms with Gasteiger partial charge in [-0.2, -0.15) is 0 Å². The van der Waals surface area contributed by atoms with E-state index in [1.54, 1.807) is 0 Å². The van der Waals surface area contributed by atoms with Crippen molar-refractivity contribution in [3.05, 3.63) is 0 Å². The largest absolute Gasteiger partial charge is 0.396 e. The number of carbonyl (C=O) groups excluding carboxylic acids is 1. The van der Waals surface area contributed by atoms with E-state index in [-0.39, 0.29) is 23.5 Å². The van der Waals surface area contributed by atoms with Gasteiger partial charge in [-0.15, -0.1) is 0 Å². The number of ether oxygens (including phenoxy) is 1. The summed E-state index contributed by atoms with van der Waals surface area (Å²) in [7, 11) is 0. The summed E-state index contributed by atoms with van der Waals surface area (Å²) in [6.45, 7) is 10.6. The Labute approximate surface area is 98.4 Å². The van der Waals surface area contributed by atoms with Crippen molar-refractivity contribution in [1.82, 2.24) is 5.32 Å². The second-order valence-corrected chi connectivity index (χ2v) is 5.59. The second-order valence-electron chi connectivity index (χ2n) is 5.59. The molecule has 0 aromatic rings. The fourth-order valence-corrected chi connectivity index (χ4v) is 1.07. The molecular weight excluding hydrogens is 206 g/mol. The Morgan fingerprint density at radius 2 is 1.88 bits per heavy atom. The van der Waals surface area contributed by atoms with Crippen LogP contribution in [-0.4, -0.2) is 36.4 Å². The quantitative estimate of drug-likeness (QED) is 0.695. The molecule has 1 amide bonds. The van der Waals surface area contributed by atoms with Gasteiger partial charge in [-0.1, -0.05) is 13.8 Å². The minimum absolute atomic E-state index is 0.0487. The molecule has 0 aromatic carbocycles. The summed E-state index contributed by atoms with van der Waals surface area (Å²) in [5.41, 5.74) is -0.471. The highest BCUT2D eigenvalue weighted by Crippen LogP contribution is 2.20. The van der Waals surface area contributed by atoms with Gasteiger partial charge in [0.25, 0.3) is 0 Å². The first-order valence-corrected chi connectivity index (χ1v) is 5.68. The standard InChI is InChI=1S/C12H25NO3/c1-10(15)13-8-12(4,5)16-7-6-11(2,3)9-14/h14H,6-9H2,1-5H3,(H,13,15). The van der Waals surface area contributed by atoms with Crippen molar-refractivity contribution in [2.75, 3.05) is 19.8 Å². The summed E-state index contributed by atoms with van der Waals surface area (Å²) in [5, 5.41) is 11.8. The van der Waals surface area contributed by atoms with Gasteiger partial charge < -0.3 is 15.2 Å². The second kappa shape index (κ2) is 6.21. The van der Waals surface area contributed by atoms with Crippen molar-refractivity contribution < 1.29 is 14.6 Å². The number of nitrogens with one attached hydrogen (secondary N) is 1. The maximum absolute atomic E-state index is 10.8. The maximum atomic E-state index is 10.8. The molecule has 16 heavy (non-hydrogen) atoms. The van der Waals surface area contributed by atoms with Gasteiger partial charge in [0, 0.05) is 26.7 Å². The normalized spacial score (nSPS) is 12.6. The third-order valence-corrected chi connectivity index (χ3v) is 2.46. The SMILES string of the molecule is CC(=O)NCC(C)(C)OCCC(C)(C)CO. The average Bonchev–Trinajstić information content (AvgIpc) is 2.14. The average molecular weight is 231 g/mol. The molecule has 0 saturated carbocycles. The van der Waals surface area contributed by atoms with Gasteiger partial charge in [0.15, 0.2) is 0 Å². The van der Waals surface area contributed by atoms with Crippen LogP contribution in [0, 0.1) is 5.41 Å². The molecule has 0 heterocycles. The van der Waals surface area contributed by atoms with Crippen LogP contribution in [0.5, 0.6) is 0 Å². The third kappa shape index (κ3) is 7.65. The fourth-order valence-electron chi connectivity index (χ4n) is 1.07. The van der Waals surface area contributed by atoms with Crippen LogP contribution >= 0.6 is 0 Å². The molecule has 0 aliphatic rings. The summed E-state index contributed by atoms with van der Waals surface area (Å²) in [5.74, 6) is -0.0487. The van der Waals surface area contributed by atoms with Crippen LogP contribution < -0.4 is 5.32 Å². The number of aliphatic hydroxyl groups excluding tert-OH is 1. The molecule has 0 unspecified atom stereocenters. The highest BCUT2D eigenvalue weighted by atomic mass is 16.5. The summed E-state index contributed by atoms with van der Waals surface area (Å²) in [6, 6.07) is 0. The molecule has 0 spiro atoms. The molecule has 0 aliphatic heterocycles. The summed E-state index contributed by atoms with van der Waals surface area (Å²) < 4.78 is 5.69. The van der Waals surface area contributed by atoms with E-state index in [0.717, 1.165) is 6.42 Å². The Hall–Kier alpha value is -0.610. The predicted molar refractivity (Wildman–Crippen MR) is 64.2 cm³/mol. The van der Waals surface area contributed by atoms with Crippen molar-refractivity contribution in [2.24, 2.45) is 5.41 Å². The molecule has 0 aromatic heterocycles. The van der Waals surface area contributed by atoms with Crippen LogP contribution in [0.15, 0.2) is 0 Å². The van der Waals surface area contributed by atoms with E-state index in [0.29, 0.717) is 13.2 Å². The van der Waals surface area contributed by atoms with Gasteiger partial charge >= 0.3 is 0 Å². The maximum Gasteiger partial charge on any atom is 0.216 e. The zero-order chi connectivity index (χ0) is 12.8. The minimum atomic E-state index is -0.364. The Kier molecular flexibility index (Phi) is 5.97. The molecule has 0 radical (unpaired) electrons. The number of hydrogen-bond donors (Lipinski definition) is 2. The summed E-state index contributed by atoms with van der Waals surface area (Å²) >= 11 is 0. The van der Waals surface area contributed by atoms with Crippen molar-refractivity contribution in [2.45, 2.75) is 46.6 Å². The molecule has 96 valence electrons. The van der Waals surface area contributed by atoms with Crippen LogP contribution in [0.2, 0.25) is 0 Å². The Balaban J connectivity index is 3.86. The number of carbonyl (C=O) groups is 1. The first-order valence-electron chi connectivity index (χ1n) is 5.68. The van der Waals surface area contributed by atoms with Gasteiger partial charge in [-0.05, 0) is 25.7 Å². The molecule has 0 atom stereocenters. The molecular formula is C12H25NO3. The Bertz CT molecular complexity index is 224. The summed E-state index contributed by atoms with van der Waals surface area (Å²) in [6.07, 6.45) is 0.799. The molecule has 0 aliphatic carbocycles. The molecule has 4 nitrogen and oxygen atoms in total. The van der Waals surface area contributed by atoms with Crippen LogP contribution in [0.3, 0.4) is 0 Å². The lowest BCUT2D eigenvalue weighted by atomic mass is 9.91. The van der Waals surface area contributed by atoms with Crippen molar-refractivity contribution in [1.29, 1.82) is 0 Å². The first kappa shape index (κ1) is 15.4. The van der Waals surface area contributed by atoms with Gasteiger partial charge in [-0.25, -0.2) is 0 Å². The topological polar surface area (TPSA) is 58.6 Å². The predicted octanol–water partition coefficient (Wildman–Crippen LogP) is 1.33. The van der Waals surface area contributed by atoms with Crippen LogP contribution in [0.1, 0.15) is 41.0 Å². The zero-order valence-electron chi connectivity index (χ0n) is 11.1. The molecule has 0 saturated heterocycles. The Morgan fingerprint density at radius 3 is 2.31 bits per heavy atom. The van der Waals surface area contributed by atoms with Gasteiger partial charge in [0.05, 0.1) is 5.60 Å². The number of aliphatic hydroxyl groups is 1. The highest BCUT2D eigenvalue weighted by Gasteiger charge is 2.21. The lowest BCUT2D eigenvalue weighted by Crippen LogP contribution is -2.40. The van der Waals surface area contributed by atoms with E-state index in [1.807, 2.05) is 27.7 Å². The van der Waals surface area contributed by atoms with Crippen molar-refractivity contribution >= 4 is 5.91 Å². The molecule has 2 N–H and O–H groups in total. The third-order valence-electron chi connectivity index (χ3n) is 2.46. The first-order chi connectivity index (χ1) is 7.18. The molecule has 0 rings (SSSR count). The van der Waals surface area contributed by atoms with Crippen molar-refractivity contribution in [3.8, 4) is 0 Å². The van der Waals surface area contributed by atoms with Crippen molar-refractivity contribution in [3.63, 3.8) is 0 Å². The van der Waals surface area contributed by atoms with Gasteiger partial charge in [0.1, 0.15) is 0 Å². The van der Waals surface area contributed by atoms with Gasteiger partial charge in [-0.3, -0.25) is 4.79 Å². The van der Waals surface area contributed by atoms with Crippen LogP contribution in [0.4, 0.5) is 0 Å². The monoisotopic (exact) mass is 231 g/mol. The van der Waals surface area contributed by atoms with E-state index in [2.05, 4.69) is 5.32 Å². The minimum Gasteiger partial charge on any atom is -0.396 e. The van der Waals surface area contributed by atoms with E-state index in [1.165, 1.54) is 6.92 Å². The molecule has 4 heteroatoms. The number of hydrogen-bond acceptors (Lipinski definition) is 3. The number of amides is 1. The molecule has 0 bridgehead atoms. The zero-order valence-corrected chi connectivity index (χ0v) is 11.1. The van der Waals surface area contributed by atoms with Crippen LogP contribution in [-0.2, 0) is 9.53 Å². The lowest BCUT2D eigenvalue weighted by molar-refractivity contribution is -0.120. The lowest BCUT2D eigenvalue weighted by Gasteiger charge is -2.28. The Morgan fingerprint density at radius 1 is 1.31 bits per heavy atom.